The minimum Gasteiger partial charge on any atom is -0.255 e. The molecule has 0 bridgehead atoms. The van der Waals surface area contributed by atoms with Crippen LogP contribution in [0.15, 0.2) is 72.9 Å². The molecule has 0 atom stereocenters. The number of aromatic nitrogens is 1. The van der Waals surface area contributed by atoms with Crippen molar-refractivity contribution in [3.8, 4) is 28.3 Å². The highest BCUT2D eigenvalue weighted by atomic mass is 28.3. The Morgan fingerprint density at radius 1 is 0.828 bits per heavy atom. The Morgan fingerprint density at radius 3 is 2.10 bits per heavy atom. The smallest absolute Gasteiger partial charge is 0.102 e. The van der Waals surface area contributed by atoms with Crippen LogP contribution < -0.4 is 5.19 Å². The minimum atomic E-state index is -1.72. The number of benzene rings is 3. The quantitative estimate of drug-likeness (QED) is 0.384. The van der Waals surface area contributed by atoms with Crippen molar-refractivity contribution in [2.75, 3.05) is 0 Å². The fourth-order valence-corrected chi connectivity index (χ4v) is 5.44. The first-order valence-corrected chi connectivity index (χ1v) is 13.4. The molecule has 1 heterocycles. The predicted octanol–water partition coefficient (Wildman–Crippen LogP) is 6.29. The molecule has 0 aliphatic carbocycles. The third-order valence-corrected chi connectivity index (χ3v) is 7.39. The lowest BCUT2D eigenvalue weighted by Gasteiger charge is -2.23. The van der Waals surface area contributed by atoms with Gasteiger partial charge in [-0.25, -0.2) is 0 Å². The zero-order valence-electron chi connectivity index (χ0n) is 17.3. The van der Waals surface area contributed by atoms with E-state index in [0.29, 0.717) is 5.56 Å². The zero-order valence-corrected chi connectivity index (χ0v) is 18.3. The maximum absolute atomic E-state index is 10.1. The number of hydrogen-bond donors (Lipinski definition) is 0. The van der Waals surface area contributed by atoms with Gasteiger partial charge in [-0.15, -0.1) is 0 Å². The molecule has 0 amide bonds. The van der Waals surface area contributed by atoms with Crippen LogP contribution in [0.5, 0.6) is 0 Å². The molecule has 0 spiro atoms. The van der Waals surface area contributed by atoms with E-state index in [1.165, 1.54) is 10.8 Å². The van der Waals surface area contributed by atoms with Gasteiger partial charge in [0, 0.05) is 17.1 Å². The van der Waals surface area contributed by atoms with E-state index >= 15 is 0 Å². The van der Waals surface area contributed by atoms with Gasteiger partial charge >= 0.3 is 0 Å². The first-order chi connectivity index (χ1) is 13.9. The molecule has 142 valence electrons. The first kappa shape index (κ1) is 19.1. The number of fused-ring (bicyclic) bond motifs is 1. The summed E-state index contributed by atoms with van der Waals surface area (Å²) < 4.78 is 0. The lowest BCUT2D eigenvalue weighted by atomic mass is 9.93. The van der Waals surface area contributed by atoms with Crippen LogP contribution in [0.3, 0.4) is 0 Å². The Hall–Kier alpha value is -3.22. The molecule has 0 saturated heterocycles. The molecule has 3 heteroatoms. The Labute approximate surface area is 173 Å². The molecule has 0 N–H and O–H groups in total. The highest BCUT2D eigenvalue weighted by Gasteiger charge is 2.25. The normalized spacial score (nSPS) is 11.4. The van der Waals surface area contributed by atoms with Crippen LogP contribution in [0.4, 0.5) is 0 Å². The molecule has 0 aliphatic rings. The first-order valence-electron chi connectivity index (χ1n) is 9.89. The third-order valence-electron chi connectivity index (χ3n) is 5.38. The van der Waals surface area contributed by atoms with E-state index in [0.717, 1.165) is 33.2 Å². The Morgan fingerprint density at radius 2 is 1.48 bits per heavy atom. The van der Waals surface area contributed by atoms with E-state index in [-0.39, 0.29) is 0 Å². The summed E-state index contributed by atoms with van der Waals surface area (Å²) in [6.45, 7) is 9.15. The molecule has 2 nitrogen and oxygen atoms in total. The summed E-state index contributed by atoms with van der Waals surface area (Å²) in [6.07, 6.45) is 1.83. The molecular formula is C26H24N2Si. The van der Waals surface area contributed by atoms with Gasteiger partial charge < -0.3 is 0 Å². The SMILES string of the molecule is Cc1ccc(-c2cc([Si](C)(C)C)c3c(-c4ccccc4)ccnc3c2C#N)cc1. The van der Waals surface area contributed by atoms with Crippen molar-refractivity contribution in [3.63, 3.8) is 0 Å². The van der Waals surface area contributed by atoms with Crippen LogP contribution in [0.1, 0.15) is 11.1 Å². The molecule has 0 fully saturated rings. The molecule has 0 saturated carbocycles. The molecule has 29 heavy (non-hydrogen) atoms. The molecular weight excluding hydrogens is 368 g/mol. The van der Waals surface area contributed by atoms with Crippen LogP contribution in [0.25, 0.3) is 33.2 Å². The van der Waals surface area contributed by atoms with Crippen molar-refractivity contribution < 1.29 is 0 Å². The Kier molecular flexibility index (Phi) is 4.82. The second kappa shape index (κ2) is 7.31. The Balaban J connectivity index is 2.15. The fraction of sp³-hybridized carbons (Fsp3) is 0.154. The van der Waals surface area contributed by atoms with Crippen molar-refractivity contribution in [2.45, 2.75) is 26.6 Å². The Bertz CT molecular complexity index is 1230. The van der Waals surface area contributed by atoms with Gasteiger partial charge in [-0.05, 0) is 34.9 Å². The van der Waals surface area contributed by atoms with Crippen molar-refractivity contribution >= 4 is 24.2 Å². The number of nitrogens with zero attached hydrogens (tertiary/aromatic N) is 2. The highest BCUT2D eigenvalue weighted by molar-refractivity contribution is 6.90. The lowest BCUT2D eigenvalue weighted by molar-refractivity contribution is 1.39. The third kappa shape index (κ3) is 3.48. The van der Waals surface area contributed by atoms with Gasteiger partial charge in [-0.1, -0.05) is 85.9 Å². The number of pyridine rings is 1. The monoisotopic (exact) mass is 392 g/mol. The number of rotatable bonds is 3. The lowest BCUT2D eigenvalue weighted by Crippen LogP contribution is -2.38. The van der Waals surface area contributed by atoms with Crippen LogP contribution >= 0.6 is 0 Å². The average molecular weight is 393 g/mol. The van der Waals surface area contributed by atoms with Crippen molar-refractivity contribution in [1.82, 2.24) is 4.98 Å². The summed E-state index contributed by atoms with van der Waals surface area (Å²) >= 11 is 0. The van der Waals surface area contributed by atoms with E-state index in [2.05, 4.69) is 93.3 Å². The molecule has 3 aromatic carbocycles. The van der Waals surface area contributed by atoms with Gasteiger partial charge in [0.2, 0.25) is 0 Å². The summed E-state index contributed by atoms with van der Waals surface area (Å²) in [4.78, 5) is 4.72. The van der Waals surface area contributed by atoms with Gasteiger partial charge in [-0.2, -0.15) is 5.26 Å². The van der Waals surface area contributed by atoms with Crippen LogP contribution in [0, 0.1) is 18.3 Å². The van der Waals surface area contributed by atoms with E-state index in [9.17, 15) is 5.26 Å². The van der Waals surface area contributed by atoms with Crippen molar-refractivity contribution in [1.29, 1.82) is 5.26 Å². The number of hydrogen-bond acceptors (Lipinski definition) is 2. The summed E-state index contributed by atoms with van der Waals surface area (Å²) in [6, 6.07) is 25.6. The molecule has 1 aromatic heterocycles. The minimum absolute atomic E-state index is 0.656. The fourth-order valence-electron chi connectivity index (χ4n) is 3.86. The van der Waals surface area contributed by atoms with Gasteiger partial charge in [0.25, 0.3) is 0 Å². The largest absolute Gasteiger partial charge is 0.255 e. The predicted molar refractivity (Wildman–Crippen MR) is 125 cm³/mol. The van der Waals surface area contributed by atoms with Gasteiger partial charge in [0.1, 0.15) is 6.07 Å². The highest BCUT2D eigenvalue weighted by Crippen LogP contribution is 2.34. The molecule has 4 aromatic rings. The van der Waals surface area contributed by atoms with E-state index in [1.54, 1.807) is 0 Å². The standard InChI is InChI=1S/C26H24N2Si/c1-18-10-12-20(13-11-18)22-16-24(29(2,3)4)25-21(19-8-6-5-7-9-19)14-15-28-26(25)23(22)17-27/h5-16H,1-4H3. The van der Waals surface area contributed by atoms with Gasteiger partial charge in [-0.3, -0.25) is 4.98 Å². The second-order valence-corrected chi connectivity index (χ2v) is 13.6. The van der Waals surface area contributed by atoms with Crippen LogP contribution in [-0.4, -0.2) is 13.1 Å². The summed E-state index contributed by atoms with van der Waals surface area (Å²) in [5.41, 5.74) is 7.04. The topological polar surface area (TPSA) is 36.7 Å². The number of nitriles is 1. The molecule has 0 radical (unpaired) electrons. The zero-order chi connectivity index (χ0) is 20.6. The van der Waals surface area contributed by atoms with E-state index < -0.39 is 8.07 Å². The number of aryl methyl sites for hydroxylation is 1. The average Bonchev–Trinajstić information content (AvgIpc) is 2.72. The van der Waals surface area contributed by atoms with Crippen molar-refractivity contribution in [3.05, 3.63) is 84.1 Å². The maximum Gasteiger partial charge on any atom is 0.102 e. The van der Waals surface area contributed by atoms with E-state index in [1.807, 2.05) is 12.3 Å². The van der Waals surface area contributed by atoms with Gasteiger partial charge in [0.15, 0.2) is 0 Å². The van der Waals surface area contributed by atoms with Crippen molar-refractivity contribution in [2.24, 2.45) is 0 Å². The molecule has 0 unspecified atom stereocenters. The van der Waals surface area contributed by atoms with Gasteiger partial charge in [0.05, 0.1) is 19.2 Å². The van der Waals surface area contributed by atoms with Crippen LogP contribution in [0.2, 0.25) is 19.6 Å². The molecule has 4 rings (SSSR count). The summed E-state index contributed by atoms with van der Waals surface area (Å²) in [5, 5.41) is 12.6. The van der Waals surface area contributed by atoms with E-state index in [4.69, 9.17) is 4.98 Å². The molecule has 0 aliphatic heterocycles. The summed E-state index contributed by atoms with van der Waals surface area (Å²) in [7, 11) is -1.72. The summed E-state index contributed by atoms with van der Waals surface area (Å²) in [5.74, 6) is 0. The second-order valence-electron chi connectivity index (χ2n) is 8.52. The van der Waals surface area contributed by atoms with Crippen LogP contribution in [-0.2, 0) is 0 Å². The maximum atomic E-state index is 10.1.